The van der Waals surface area contributed by atoms with Gasteiger partial charge in [0.1, 0.15) is 16.2 Å². The van der Waals surface area contributed by atoms with Gasteiger partial charge in [0.05, 0.1) is 0 Å². The zero-order valence-electron chi connectivity index (χ0n) is 11.6. The summed E-state index contributed by atoms with van der Waals surface area (Å²) in [7, 11) is 0. The van der Waals surface area contributed by atoms with Crippen LogP contribution in [0, 0.1) is 6.92 Å². The molecule has 0 fully saturated rings. The molecule has 102 valence electrons. The number of aryl methyl sites for hydroxylation is 2. The van der Waals surface area contributed by atoms with Crippen LogP contribution in [0.5, 0.6) is 0 Å². The summed E-state index contributed by atoms with van der Waals surface area (Å²) < 4.78 is 0. The smallest absolute Gasteiger partial charge is 0.128 e. The first-order valence-corrected chi connectivity index (χ1v) is 8.48. The van der Waals surface area contributed by atoms with E-state index >= 15 is 0 Å². The van der Waals surface area contributed by atoms with Crippen LogP contribution in [0.4, 0.5) is 0 Å². The topological polar surface area (TPSA) is 25.8 Å². The normalized spacial score (nSPS) is 11.1. The largest absolute Gasteiger partial charge is 0.229 e. The Morgan fingerprint density at radius 1 is 1.15 bits per heavy atom. The highest BCUT2D eigenvalue weighted by atomic mass is 32.2. The van der Waals surface area contributed by atoms with E-state index in [-0.39, 0.29) is 0 Å². The van der Waals surface area contributed by atoms with Gasteiger partial charge in [0.2, 0.25) is 0 Å². The van der Waals surface area contributed by atoms with Crippen molar-refractivity contribution in [2.45, 2.75) is 31.0 Å². The fraction of sp³-hybridized carbons (Fsp3) is 0.250. The third kappa shape index (κ3) is 2.86. The van der Waals surface area contributed by atoms with Crippen molar-refractivity contribution in [1.82, 2.24) is 9.97 Å². The molecule has 0 amide bonds. The third-order valence-corrected chi connectivity index (χ3v) is 5.45. The van der Waals surface area contributed by atoms with Crippen LogP contribution in [0.25, 0.3) is 10.2 Å². The molecule has 2 nitrogen and oxygen atoms in total. The van der Waals surface area contributed by atoms with Crippen LogP contribution < -0.4 is 0 Å². The molecule has 0 N–H and O–H groups in total. The number of aromatic nitrogens is 2. The van der Waals surface area contributed by atoms with Crippen molar-refractivity contribution >= 4 is 33.3 Å². The Balaban J connectivity index is 1.83. The van der Waals surface area contributed by atoms with Gasteiger partial charge in [-0.3, -0.25) is 0 Å². The minimum atomic E-state index is 0.948. The summed E-state index contributed by atoms with van der Waals surface area (Å²) in [5.74, 6) is 0.948. The number of thioether (sulfide) groups is 1. The zero-order chi connectivity index (χ0) is 13.9. The number of fused-ring (bicyclic) bond motifs is 1. The SMILES string of the molecule is CCc1cc2c(SCc3ccc(C)cc3)ncnc2s1. The fourth-order valence-corrected chi connectivity index (χ4v) is 3.94. The molecule has 20 heavy (non-hydrogen) atoms. The Kier molecular flexibility index (Phi) is 4.03. The second-order valence-corrected chi connectivity index (χ2v) is 6.82. The lowest BCUT2D eigenvalue weighted by molar-refractivity contribution is 1.10. The van der Waals surface area contributed by atoms with Gasteiger partial charge in [0.25, 0.3) is 0 Å². The van der Waals surface area contributed by atoms with Crippen LogP contribution in [-0.2, 0) is 12.2 Å². The maximum absolute atomic E-state index is 4.45. The molecule has 0 radical (unpaired) electrons. The molecule has 0 saturated heterocycles. The number of hydrogen-bond acceptors (Lipinski definition) is 4. The molecule has 0 aliphatic heterocycles. The quantitative estimate of drug-likeness (QED) is 0.508. The molecule has 0 saturated carbocycles. The maximum atomic E-state index is 4.45. The number of thiophene rings is 1. The Bertz CT molecular complexity index is 717. The van der Waals surface area contributed by atoms with Crippen molar-refractivity contribution < 1.29 is 0 Å². The molecule has 2 aromatic heterocycles. The number of nitrogens with zero attached hydrogens (tertiary/aromatic N) is 2. The van der Waals surface area contributed by atoms with E-state index in [0.29, 0.717) is 0 Å². The second kappa shape index (κ2) is 5.94. The Morgan fingerprint density at radius 3 is 2.70 bits per heavy atom. The predicted molar refractivity (Wildman–Crippen MR) is 87.5 cm³/mol. The predicted octanol–water partition coefficient (Wildman–Crippen LogP) is 4.85. The first kappa shape index (κ1) is 13.6. The highest BCUT2D eigenvalue weighted by Crippen LogP contribution is 2.32. The molecular formula is C16H16N2S2. The van der Waals surface area contributed by atoms with Crippen LogP contribution in [-0.4, -0.2) is 9.97 Å². The molecule has 0 aliphatic carbocycles. The third-order valence-electron chi connectivity index (χ3n) is 3.19. The van der Waals surface area contributed by atoms with Gasteiger partial charge >= 0.3 is 0 Å². The summed E-state index contributed by atoms with van der Waals surface area (Å²) in [6, 6.07) is 10.9. The summed E-state index contributed by atoms with van der Waals surface area (Å²) in [6.07, 6.45) is 2.73. The lowest BCUT2D eigenvalue weighted by atomic mass is 10.2. The van der Waals surface area contributed by atoms with Crippen molar-refractivity contribution in [1.29, 1.82) is 0 Å². The molecule has 1 aromatic carbocycles. The standard InChI is InChI=1S/C16H16N2S2/c1-3-13-8-14-15(17-10-18-16(14)20-13)19-9-12-6-4-11(2)5-7-12/h4-8,10H,3,9H2,1-2H3. The number of benzene rings is 1. The maximum Gasteiger partial charge on any atom is 0.128 e. The lowest BCUT2D eigenvalue weighted by Crippen LogP contribution is -1.85. The van der Waals surface area contributed by atoms with Gasteiger partial charge in [-0.05, 0) is 25.0 Å². The first-order chi connectivity index (χ1) is 9.76. The van der Waals surface area contributed by atoms with Gasteiger partial charge in [-0.25, -0.2) is 9.97 Å². The Hall–Kier alpha value is -1.39. The first-order valence-electron chi connectivity index (χ1n) is 6.68. The summed E-state index contributed by atoms with van der Waals surface area (Å²) in [6.45, 7) is 4.29. The average Bonchev–Trinajstić information content (AvgIpc) is 2.90. The van der Waals surface area contributed by atoms with Gasteiger partial charge < -0.3 is 0 Å². The highest BCUT2D eigenvalue weighted by molar-refractivity contribution is 7.98. The lowest BCUT2D eigenvalue weighted by Gasteiger charge is -2.03. The van der Waals surface area contributed by atoms with Crippen molar-refractivity contribution in [3.05, 3.63) is 52.7 Å². The Morgan fingerprint density at radius 2 is 1.95 bits per heavy atom. The van der Waals surface area contributed by atoms with Gasteiger partial charge in [0.15, 0.2) is 0 Å². The van der Waals surface area contributed by atoms with Crippen molar-refractivity contribution in [2.24, 2.45) is 0 Å². The summed E-state index contributed by atoms with van der Waals surface area (Å²) in [5, 5.41) is 2.29. The van der Waals surface area contributed by atoms with Gasteiger partial charge in [0, 0.05) is 16.0 Å². The molecule has 0 atom stereocenters. The van der Waals surface area contributed by atoms with Crippen LogP contribution >= 0.6 is 23.1 Å². The average molecular weight is 300 g/mol. The van der Waals surface area contributed by atoms with E-state index in [9.17, 15) is 0 Å². The van der Waals surface area contributed by atoms with Crippen LogP contribution in [0.2, 0.25) is 0 Å². The molecule has 0 aliphatic rings. The molecular weight excluding hydrogens is 284 g/mol. The minimum Gasteiger partial charge on any atom is -0.229 e. The van der Waals surface area contributed by atoms with E-state index in [1.807, 2.05) is 0 Å². The molecule has 0 unspecified atom stereocenters. The second-order valence-electron chi connectivity index (χ2n) is 4.74. The Labute approximate surface area is 127 Å². The summed E-state index contributed by atoms with van der Waals surface area (Å²) >= 11 is 3.56. The summed E-state index contributed by atoms with van der Waals surface area (Å²) in [4.78, 5) is 11.3. The van der Waals surface area contributed by atoms with E-state index in [1.54, 1.807) is 29.4 Å². The van der Waals surface area contributed by atoms with Crippen molar-refractivity contribution in [3.8, 4) is 0 Å². The van der Waals surface area contributed by atoms with E-state index in [2.05, 4.69) is 54.1 Å². The molecule has 3 aromatic rings. The number of rotatable bonds is 4. The van der Waals surface area contributed by atoms with E-state index in [1.165, 1.54) is 21.4 Å². The van der Waals surface area contributed by atoms with E-state index < -0.39 is 0 Å². The van der Waals surface area contributed by atoms with Gasteiger partial charge in [-0.15, -0.1) is 23.1 Å². The molecule has 4 heteroatoms. The zero-order valence-corrected chi connectivity index (χ0v) is 13.2. The highest BCUT2D eigenvalue weighted by Gasteiger charge is 2.08. The van der Waals surface area contributed by atoms with Gasteiger partial charge in [-0.1, -0.05) is 36.8 Å². The molecule has 0 bridgehead atoms. The molecule has 2 heterocycles. The minimum absolute atomic E-state index is 0.948. The van der Waals surface area contributed by atoms with Crippen LogP contribution in [0.1, 0.15) is 22.9 Å². The molecule has 3 rings (SSSR count). The monoisotopic (exact) mass is 300 g/mol. The van der Waals surface area contributed by atoms with E-state index in [0.717, 1.165) is 22.0 Å². The fourth-order valence-electron chi connectivity index (χ4n) is 2.01. The van der Waals surface area contributed by atoms with Crippen molar-refractivity contribution in [2.75, 3.05) is 0 Å². The van der Waals surface area contributed by atoms with Gasteiger partial charge in [-0.2, -0.15) is 0 Å². The number of hydrogen-bond donors (Lipinski definition) is 0. The van der Waals surface area contributed by atoms with Crippen LogP contribution in [0.15, 0.2) is 41.7 Å². The van der Waals surface area contributed by atoms with Crippen LogP contribution in [0.3, 0.4) is 0 Å². The van der Waals surface area contributed by atoms with Crippen molar-refractivity contribution in [3.63, 3.8) is 0 Å². The van der Waals surface area contributed by atoms with E-state index in [4.69, 9.17) is 0 Å². The molecule has 0 spiro atoms. The summed E-state index contributed by atoms with van der Waals surface area (Å²) in [5.41, 5.74) is 2.63.